The van der Waals surface area contributed by atoms with Gasteiger partial charge in [0.15, 0.2) is 6.23 Å². The highest BCUT2D eigenvalue weighted by atomic mass is 16.5. The average Bonchev–Trinajstić information content (AvgIpc) is 2.69. The molecule has 0 aliphatic carbocycles. The molecule has 2 rings (SSSR count). The molecule has 0 unspecified atom stereocenters. The van der Waals surface area contributed by atoms with Crippen molar-refractivity contribution in [3.8, 4) is 0 Å². The molecule has 1 aliphatic rings. The van der Waals surface area contributed by atoms with E-state index >= 15 is 0 Å². The molecule has 0 spiro atoms. The molecule has 0 saturated carbocycles. The van der Waals surface area contributed by atoms with Crippen molar-refractivity contribution in [1.82, 2.24) is 5.32 Å². The molecule has 0 atom stereocenters. The molecule has 0 amide bonds. The lowest BCUT2D eigenvalue weighted by atomic mass is 10.2. The van der Waals surface area contributed by atoms with Crippen LogP contribution in [0.2, 0.25) is 0 Å². The summed E-state index contributed by atoms with van der Waals surface area (Å²) < 4.78 is 5.38. The van der Waals surface area contributed by atoms with E-state index in [9.17, 15) is 0 Å². The second-order valence-corrected chi connectivity index (χ2v) is 3.21. The van der Waals surface area contributed by atoms with Gasteiger partial charge in [-0.1, -0.05) is 30.3 Å². The Hall–Kier alpha value is -0.860. The molecule has 1 radical (unpaired) electrons. The van der Waals surface area contributed by atoms with Gasteiger partial charge in [-0.05, 0) is 18.4 Å². The largest absolute Gasteiger partial charge is 0.356 e. The topological polar surface area (TPSA) is 21.3 Å². The molecule has 2 nitrogen and oxygen atoms in total. The Balaban J connectivity index is 1.79. The van der Waals surface area contributed by atoms with Crippen LogP contribution in [-0.4, -0.2) is 6.61 Å². The Morgan fingerprint density at radius 2 is 2.08 bits per heavy atom. The van der Waals surface area contributed by atoms with Gasteiger partial charge in [0.05, 0.1) is 0 Å². The highest BCUT2D eigenvalue weighted by molar-refractivity contribution is 5.14. The lowest BCUT2D eigenvalue weighted by Crippen LogP contribution is -2.19. The van der Waals surface area contributed by atoms with Crippen LogP contribution in [0.3, 0.4) is 0 Å². The van der Waals surface area contributed by atoms with Gasteiger partial charge >= 0.3 is 0 Å². The minimum absolute atomic E-state index is 0.871. The zero-order valence-electron chi connectivity index (χ0n) is 7.62. The molecule has 1 aliphatic heterocycles. The normalized spacial score (nSPS) is 17.8. The third-order valence-corrected chi connectivity index (χ3v) is 2.16. The van der Waals surface area contributed by atoms with E-state index in [1.165, 1.54) is 5.56 Å². The Morgan fingerprint density at radius 1 is 1.23 bits per heavy atom. The van der Waals surface area contributed by atoms with Gasteiger partial charge in [-0.15, -0.1) is 0 Å². The van der Waals surface area contributed by atoms with Gasteiger partial charge in [-0.3, -0.25) is 5.32 Å². The van der Waals surface area contributed by atoms with Crippen LogP contribution in [0.25, 0.3) is 0 Å². The Labute approximate surface area is 78.9 Å². The van der Waals surface area contributed by atoms with E-state index in [2.05, 4.69) is 29.6 Å². The van der Waals surface area contributed by atoms with Gasteiger partial charge in [0.25, 0.3) is 0 Å². The van der Waals surface area contributed by atoms with Crippen molar-refractivity contribution in [3.05, 3.63) is 42.1 Å². The van der Waals surface area contributed by atoms with Gasteiger partial charge < -0.3 is 4.74 Å². The summed E-state index contributed by atoms with van der Waals surface area (Å²) in [6.45, 7) is 1.74. The molecule has 13 heavy (non-hydrogen) atoms. The van der Waals surface area contributed by atoms with E-state index < -0.39 is 0 Å². The first-order valence-corrected chi connectivity index (χ1v) is 4.71. The molecular formula is C11H14NO. The predicted octanol–water partition coefficient (Wildman–Crippen LogP) is 2.08. The Kier molecular flexibility index (Phi) is 2.95. The van der Waals surface area contributed by atoms with Crippen LogP contribution in [0.15, 0.2) is 30.3 Å². The second-order valence-electron chi connectivity index (χ2n) is 3.21. The number of hydrogen-bond donors (Lipinski definition) is 1. The molecule has 0 bridgehead atoms. The SMILES string of the molecule is c1ccc(CN[C]2CCCO2)cc1. The molecular weight excluding hydrogens is 162 g/mol. The van der Waals surface area contributed by atoms with Crippen molar-refractivity contribution in [2.75, 3.05) is 6.61 Å². The highest BCUT2D eigenvalue weighted by Crippen LogP contribution is 2.16. The van der Waals surface area contributed by atoms with E-state index in [1.807, 2.05) is 6.07 Å². The van der Waals surface area contributed by atoms with Crippen LogP contribution < -0.4 is 5.32 Å². The minimum atomic E-state index is 0.871. The fraction of sp³-hybridized carbons (Fsp3) is 0.364. The van der Waals surface area contributed by atoms with E-state index in [1.54, 1.807) is 0 Å². The van der Waals surface area contributed by atoms with Gasteiger partial charge in [0.1, 0.15) is 0 Å². The van der Waals surface area contributed by atoms with Crippen molar-refractivity contribution in [3.63, 3.8) is 0 Å². The third kappa shape index (κ3) is 2.54. The molecule has 1 N–H and O–H groups in total. The van der Waals surface area contributed by atoms with Crippen LogP contribution in [0.5, 0.6) is 0 Å². The van der Waals surface area contributed by atoms with Crippen LogP contribution in [-0.2, 0) is 11.3 Å². The standard InChI is InChI=1S/C11H14NO/c1-2-5-10(6-3-1)9-12-11-7-4-8-13-11/h1-3,5-6,12H,4,7-9H2. The van der Waals surface area contributed by atoms with Crippen LogP contribution in [0, 0.1) is 6.23 Å². The van der Waals surface area contributed by atoms with Crippen molar-refractivity contribution in [2.45, 2.75) is 19.4 Å². The van der Waals surface area contributed by atoms with E-state index in [-0.39, 0.29) is 0 Å². The number of hydrogen-bond acceptors (Lipinski definition) is 2. The number of ether oxygens (including phenoxy) is 1. The summed E-state index contributed by atoms with van der Waals surface area (Å²) in [5.74, 6) is 0. The van der Waals surface area contributed by atoms with Gasteiger partial charge in [-0.25, -0.2) is 0 Å². The molecule has 0 aromatic heterocycles. The van der Waals surface area contributed by atoms with Gasteiger partial charge in [-0.2, -0.15) is 0 Å². The van der Waals surface area contributed by atoms with Crippen LogP contribution in [0.1, 0.15) is 18.4 Å². The maximum atomic E-state index is 5.38. The average molecular weight is 176 g/mol. The molecule has 1 fully saturated rings. The molecule has 1 saturated heterocycles. The zero-order chi connectivity index (χ0) is 8.93. The lowest BCUT2D eigenvalue weighted by Gasteiger charge is -2.09. The first-order valence-electron chi connectivity index (χ1n) is 4.71. The Morgan fingerprint density at radius 3 is 2.77 bits per heavy atom. The van der Waals surface area contributed by atoms with Crippen molar-refractivity contribution in [2.24, 2.45) is 0 Å². The summed E-state index contributed by atoms with van der Waals surface area (Å²) in [7, 11) is 0. The van der Waals surface area contributed by atoms with Crippen molar-refractivity contribution < 1.29 is 4.74 Å². The van der Waals surface area contributed by atoms with Crippen LogP contribution >= 0.6 is 0 Å². The smallest absolute Gasteiger partial charge is 0.162 e. The molecule has 1 aromatic rings. The first-order chi connectivity index (χ1) is 6.45. The zero-order valence-corrected chi connectivity index (χ0v) is 7.62. The fourth-order valence-electron chi connectivity index (χ4n) is 1.44. The predicted molar refractivity (Wildman–Crippen MR) is 51.7 cm³/mol. The maximum absolute atomic E-state index is 5.38. The monoisotopic (exact) mass is 176 g/mol. The van der Waals surface area contributed by atoms with E-state index in [0.717, 1.165) is 32.2 Å². The Bertz CT molecular complexity index is 242. The van der Waals surface area contributed by atoms with Gasteiger partial charge in [0, 0.05) is 13.2 Å². The quantitative estimate of drug-likeness (QED) is 0.761. The summed E-state index contributed by atoms with van der Waals surface area (Å²) in [6, 6.07) is 10.4. The second kappa shape index (κ2) is 4.40. The van der Waals surface area contributed by atoms with E-state index in [4.69, 9.17) is 4.74 Å². The minimum Gasteiger partial charge on any atom is -0.356 e. The molecule has 69 valence electrons. The molecule has 1 aromatic carbocycles. The number of benzene rings is 1. The highest BCUT2D eigenvalue weighted by Gasteiger charge is 2.15. The van der Waals surface area contributed by atoms with Crippen molar-refractivity contribution in [1.29, 1.82) is 0 Å². The number of nitrogens with one attached hydrogen (secondary N) is 1. The van der Waals surface area contributed by atoms with E-state index in [0.29, 0.717) is 0 Å². The molecule has 2 heteroatoms. The van der Waals surface area contributed by atoms with Crippen molar-refractivity contribution >= 4 is 0 Å². The lowest BCUT2D eigenvalue weighted by molar-refractivity contribution is 0.172. The maximum Gasteiger partial charge on any atom is 0.162 e. The first kappa shape index (κ1) is 8.73. The van der Waals surface area contributed by atoms with Gasteiger partial charge in [0.2, 0.25) is 0 Å². The summed E-state index contributed by atoms with van der Waals surface area (Å²) in [5, 5.41) is 3.29. The summed E-state index contributed by atoms with van der Waals surface area (Å²) in [4.78, 5) is 0. The fourth-order valence-corrected chi connectivity index (χ4v) is 1.44. The summed E-state index contributed by atoms with van der Waals surface area (Å²) in [5.41, 5.74) is 1.30. The number of rotatable bonds is 3. The van der Waals surface area contributed by atoms with Crippen LogP contribution in [0.4, 0.5) is 0 Å². The summed E-state index contributed by atoms with van der Waals surface area (Å²) >= 11 is 0. The molecule has 1 heterocycles. The summed E-state index contributed by atoms with van der Waals surface area (Å²) in [6.07, 6.45) is 3.26. The third-order valence-electron chi connectivity index (χ3n) is 2.16.